The van der Waals surface area contributed by atoms with Gasteiger partial charge in [0.05, 0.1) is 0 Å². The molecule has 1 aliphatic rings. The summed E-state index contributed by atoms with van der Waals surface area (Å²) in [5.41, 5.74) is 5.95. The van der Waals surface area contributed by atoms with Crippen molar-refractivity contribution < 1.29 is 0 Å². The molecule has 0 amide bonds. The van der Waals surface area contributed by atoms with Crippen LogP contribution in [0.2, 0.25) is 0 Å². The molecule has 88 valence electrons. The summed E-state index contributed by atoms with van der Waals surface area (Å²) in [6.45, 7) is 6.39. The molecule has 0 bridgehead atoms. The van der Waals surface area contributed by atoms with Gasteiger partial charge in [-0.1, -0.05) is 0 Å². The smallest absolute Gasteiger partial charge is 0.191 e. The Balaban J connectivity index is 2.55. The maximum atomic E-state index is 5.95. The number of hydrogen-bond acceptors (Lipinski definition) is 2. The zero-order valence-electron chi connectivity index (χ0n) is 10.4. The van der Waals surface area contributed by atoms with Crippen LogP contribution in [0.1, 0.15) is 26.7 Å². The number of nitrogens with zero attached hydrogens (tertiary/aromatic N) is 3. The summed E-state index contributed by atoms with van der Waals surface area (Å²) in [4.78, 5) is 8.85. The van der Waals surface area contributed by atoms with Crippen LogP contribution in [0.15, 0.2) is 4.99 Å². The molecule has 1 aliphatic heterocycles. The molecule has 1 unspecified atom stereocenters. The van der Waals surface area contributed by atoms with E-state index in [9.17, 15) is 0 Å². The minimum Gasteiger partial charge on any atom is -0.370 e. The lowest BCUT2D eigenvalue weighted by atomic mass is 10.1. The number of guanidine groups is 1. The monoisotopic (exact) mass is 212 g/mol. The van der Waals surface area contributed by atoms with Gasteiger partial charge >= 0.3 is 0 Å². The maximum Gasteiger partial charge on any atom is 0.191 e. The quantitative estimate of drug-likeness (QED) is 0.542. The summed E-state index contributed by atoms with van der Waals surface area (Å²) >= 11 is 0. The number of likely N-dealkylation sites (tertiary alicyclic amines) is 1. The van der Waals surface area contributed by atoms with E-state index in [4.69, 9.17) is 5.73 Å². The third-order valence-corrected chi connectivity index (χ3v) is 2.90. The summed E-state index contributed by atoms with van der Waals surface area (Å²) in [6, 6.07) is 0.792. The number of rotatable bonds is 2. The Bertz CT molecular complexity index is 225. The van der Waals surface area contributed by atoms with Gasteiger partial charge in [0, 0.05) is 25.7 Å². The first kappa shape index (κ1) is 12.3. The molecule has 2 N–H and O–H groups in total. The predicted octanol–water partition coefficient (Wildman–Crippen LogP) is 0.736. The maximum absolute atomic E-state index is 5.95. The first-order valence-corrected chi connectivity index (χ1v) is 5.75. The zero-order valence-corrected chi connectivity index (χ0v) is 10.4. The topological polar surface area (TPSA) is 44.9 Å². The van der Waals surface area contributed by atoms with Crippen LogP contribution in [0.4, 0.5) is 0 Å². The fraction of sp³-hybridized carbons (Fsp3) is 0.909. The highest BCUT2D eigenvalue weighted by Crippen LogP contribution is 2.13. The molecule has 4 nitrogen and oxygen atoms in total. The first-order valence-electron chi connectivity index (χ1n) is 5.75. The lowest BCUT2D eigenvalue weighted by Crippen LogP contribution is -2.49. The van der Waals surface area contributed by atoms with Gasteiger partial charge in [-0.2, -0.15) is 0 Å². The molecule has 1 atom stereocenters. The number of piperidine rings is 1. The molecule has 0 saturated carbocycles. The number of likely N-dealkylation sites (N-methyl/N-ethyl adjacent to an activating group) is 2. The van der Waals surface area contributed by atoms with E-state index < -0.39 is 0 Å². The van der Waals surface area contributed by atoms with Gasteiger partial charge in [-0.05, 0) is 40.3 Å². The van der Waals surface area contributed by atoms with Gasteiger partial charge in [0.2, 0.25) is 0 Å². The van der Waals surface area contributed by atoms with Crippen LogP contribution in [0, 0.1) is 0 Å². The van der Waals surface area contributed by atoms with Crippen molar-refractivity contribution in [1.82, 2.24) is 9.80 Å². The molecule has 15 heavy (non-hydrogen) atoms. The van der Waals surface area contributed by atoms with Gasteiger partial charge < -0.3 is 15.5 Å². The summed E-state index contributed by atoms with van der Waals surface area (Å²) in [5.74, 6) is 0.672. The Morgan fingerprint density at radius 3 is 2.73 bits per heavy atom. The highest BCUT2D eigenvalue weighted by Gasteiger charge is 2.22. The van der Waals surface area contributed by atoms with Crippen LogP contribution in [0.3, 0.4) is 0 Å². The van der Waals surface area contributed by atoms with Crippen molar-refractivity contribution in [3.8, 4) is 0 Å². The van der Waals surface area contributed by atoms with Gasteiger partial charge in [0.15, 0.2) is 5.96 Å². The van der Waals surface area contributed by atoms with Gasteiger partial charge in [-0.25, -0.2) is 0 Å². The van der Waals surface area contributed by atoms with Gasteiger partial charge in [-0.15, -0.1) is 0 Å². The molecule has 1 rings (SSSR count). The molecule has 0 aromatic carbocycles. The van der Waals surface area contributed by atoms with Crippen molar-refractivity contribution in [2.24, 2.45) is 10.7 Å². The molecule has 1 saturated heterocycles. The van der Waals surface area contributed by atoms with Crippen LogP contribution < -0.4 is 5.73 Å². The fourth-order valence-electron chi connectivity index (χ4n) is 2.00. The van der Waals surface area contributed by atoms with E-state index >= 15 is 0 Å². The van der Waals surface area contributed by atoms with Crippen molar-refractivity contribution in [2.45, 2.75) is 38.8 Å². The lowest BCUT2D eigenvalue weighted by Gasteiger charge is -2.36. The second kappa shape index (κ2) is 5.35. The summed E-state index contributed by atoms with van der Waals surface area (Å²) < 4.78 is 0. The third kappa shape index (κ3) is 3.70. The van der Waals surface area contributed by atoms with Crippen LogP contribution in [-0.2, 0) is 0 Å². The molecular weight excluding hydrogens is 188 g/mol. The van der Waals surface area contributed by atoms with Crippen molar-refractivity contribution in [1.29, 1.82) is 0 Å². The van der Waals surface area contributed by atoms with Gasteiger partial charge in [0.1, 0.15) is 0 Å². The SMILES string of the molecule is CC(C)N=C(N)N(C)C1CCCN(C)C1. The van der Waals surface area contributed by atoms with E-state index in [0.29, 0.717) is 12.0 Å². The molecule has 1 fully saturated rings. The Kier molecular flexibility index (Phi) is 4.39. The van der Waals surface area contributed by atoms with E-state index in [1.807, 2.05) is 20.9 Å². The number of aliphatic imine (C=N–C) groups is 1. The Labute approximate surface area is 93.1 Å². The summed E-state index contributed by atoms with van der Waals surface area (Å²) in [6.07, 6.45) is 2.47. The van der Waals surface area contributed by atoms with Gasteiger partial charge in [0.25, 0.3) is 0 Å². The van der Waals surface area contributed by atoms with Crippen molar-refractivity contribution in [2.75, 3.05) is 27.2 Å². The minimum atomic E-state index is 0.272. The lowest BCUT2D eigenvalue weighted by molar-refractivity contribution is 0.180. The fourth-order valence-corrected chi connectivity index (χ4v) is 2.00. The molecular formula is C11H24N4. The molecule has 0 radical (unpaired) electrons. The Morgan fingerprint density at radius 1 is 1.53 bits per heavy atom. The highest BCUT2D eigenvalue weighted by atomic mass is 15.3. The van der Waals surface area contributed by atoms with E-state index in [-0.39, 0.29) is 6.04 Å². The molecule has 0 aromatic heterocycles. The first-order chi connectivity index (χ1) is 7.00. The average Bonchev–Trinajstić information content (AvgIpc) is 2.15. The van der Waals surface area contributed by atoms with Gasteiger partial charge in [-0.3, -0.25) is 4.99 Å². The largest absolute Gasteiger partial charge is 0.370 e. The molecule has 0 aromatic rings. The van der Waals surface area contributed by atoms with E-state index in [1.54, 1.807) is 0 Å². The van der Waals surface area contributed by atoms with E-state index in [2.05, 4.69) is 21.8 Å². The second-order valence-electron chi connectivity index (χ2n) is 4.75. The van der Waals surface area contributed by atoms with Crippen molar-refractivity contribution in [3.63, 3.8) is 0 Å². The van der Waals surface area contributed by atoms with Crippen LogP contribution in [-0.4, -0.2) is 55.0 Å². The van der Waals surface area contributed by atoms with Crippen LogP contribution >= 0.6 is 0 Å². The second-order valence-corrected chi connectivity index (χ2v) is 4.75. The van der Waals surface area contributed by atoms with Crippen molar-refractivity contribution in [3.05, 3.63) is 0 Å². The standard InChI is InChI=1S/C11H24N4/c1-9(2)13-11(12)15(4)10-6-5-7-14(3)8-10/h9-10H,5-8H2,1-4H3,(H2,12,13). The van der Waals surface area contributed by atoms with Crippen LogP contribution in [0.5, 0.6) is 0 Å². The molecule has 1 heterocycles. The van der Waals surface area contributed by atoms with E-state index in [0.717, 1.165) is 6.54 Å². The highest BCUT2D eigenvalue weighted by molar-refractivity contribution is 5.78. The molecule has 0 spiro atoms. The van der Waals surface area contributed by atoms with Crippen LogP contribution in [0.25, 0.3) is 0 Å². The molecule has 4 heteroatoms. The predicted molar refractivity (Wildman–Crippen MR) is 65.0 cm³/mol. The average molecular weight is 212 g/mol. The normalized spacial score (nSPS) is 24.6. The third-order valence-electron chi connectivity index (χ3n) is 2.90. The van der Waals surface area contributed by atoms with E-state index in [1.165, 1.54) is 19.4 Å². The molecule has 0 aliphatic carbocycles. The minimum absolute atomic E-state index is 0.272. The summed E-state index contributed by atoms with van der Waals surface area (Å²) in [7, 11) is 4.21. The van der Waals surface area contributed by atoms with Crippen molar-refractivity contribution >= 4 is 5.96 Å². The Morgan fingerprint density at radius 2 is 2.20 bits per heavy atom. The Hall–Kier alpha value is -0.770. The number of hydrogen-bond donors (Lipinski definition) is 1. The number of nitrogens with two attached hydrogens (primary N) is 1. The zero-order chi connectivity index (χ0) is 11.4. The summed E-state index contributed by atoms with van der Waals surface area (Å²) in [5, 5.41) is 0.